The summed E-state index contributed by atoms with van der Waals surface area (Å²) in [5.41, 5.74) is 6.23. The summed E-state index contributed by atoms with van der Waals surface area (Å²) < 4.78 is 0.931. The van der Waals surface area contributed by atoms with E-state index < -0.39 is 6.23 Å². The number of hydrogen-bond acceptors (Lipinski definition) is 3. The summed E-state index contributed by atoms with van der Waals surface area (Å²) in [4.78, 5) is 0. The van der Waals surface area contributed by atoms with E-state index in [2.05, 4.69) is 15.9 Å². The van der Waals surface area contributed by atoms with E-state index in [1.165, 1.54) is 0 Å². The number of aliphatic hydroxyl groups excluding tert-OH is 2. The third-order valence-corrected chi connectivity index (χ3v) is 2.16. The first-order chi connectivity index (χ1) is 6.15. The normalized spacial score (nSPS) is 14.2. The lowest BCUT2D eigenvalue weighted by Crippen LogP contribution is -2.20. The van der Waals surface area contributed by atoms with Crippen molar-refractivity contribution in [2.24, 2.45) is 5.73 Å². The minimum atomic E-state index is -1.16. The van der Waals surface area contributed by atoms with Crippen LogP contribution in [0.1, 0.15) is 5.56 Å². The molecule has 1 atom stereocenters. The Morgan fingerprint density at radius 1 is 1.38 bits per heavy atom. The highest BCUT2D eigenvalue weighted by Gasteiger charge is 2.07. The van der Waals surface area contributed by atoms with Gasteiger partial charge in [-0.2, -0.15) is 0 Å². The van der Waals surface area contributed by atoms with E-state index in [9.17, 15) is 0 Å². The Hall–Kier alpha value is -0.840. The highest BCUT2D eigenvalue weighted by atomic mass is 79.9. The molecule has 70 valence electrons. The minimum Gasteiger partial charge on any atom is -0.515 e. The molecule has 0 spiro atoms. The average molecular weight is 244 g/mol. The maximum atomic E-state index is 9.07. The molecule has 0 amide bonds. The topological polar surface area (TPSA) is 66.5 Å². The van der Waals surface area contributed by atoms with Crippen molar-refractivity contribution in [3.8, 4) is 0 Å². The minimum absolute atomic E-state index is 0.299. The van der Waals surface area contributed by atoms with Crippen molar-refractivity contribution >= 4 is 21.5 Å². The highest BCUT2D eigenvalue weighted by molar-refractivity contribution is 9.10. The fourth-order valence-electron chi connectivity index (χ4n) is 0.964. The molecule has 0 saturated carbocycles. The van der Waals surface area contributed by atoms with Crippen molar-refractivity contribution in [2.75, 3.05) is 0 Å². The maximum Gasteiger partial charge on any atom is 0.132 e. The van der Waals surface area contributed by atoms with Crippen LogP contribution in [0.25, 0.3) is 5.57 Å². The lowest BCUT2D eigenvalue weighted by molar-refractivity contribution is 0.238. The first-order valence-electron chi connectivity index (χ1n) is 3.69. The zero-order valence-corrected chi connectivity index (χ0v) is 8.40. The summed E-state index contributed by atoms with van der Waals surface area (Å²) in [6.07, 6.45) is -0.348. The van der Waals surface area contributed by atoms with Gasteiger partial charge in [-0.05, 0) is 17.7 Å². The molecular formula is C9H10BrNO2. The number of rotatable bonds is 2. The fraction of sp³-hybridized carbons (Fsp3) is 0.111. The van der Waals surface area contributed by atoms with Gasteiger partial charge in [0.05, 0.1) is 6.26 Å². The second-order valence-corrected chi connectivity index (χ2v) is 3.45. The monoisotopic (exact) mass is 243 g/mol. The van der Waals surface area contributed by atoms with Crippen LogP contribution >= 0.6 is 15.9 Å². The van der Waals surface area contributed by atoms with Crippen LogP contribution in [0, 0.1) is 0 Å². The Bertz CT molecular complexity index is 306. The van der Waals surface area contributed by atoms with Crippen molar-refractivity contribution in [3.63, 3.8) is 0 Å². The zero-order valence-electron chi connectivity index (χ0n) is 6.81. The molecule has 0 aliphatic heterocycles. The van der Waals surface area contributed by atoms with Crippen molar-refractivity contribution in [2.45, 2.75) is 6.23 Å². The standard InChI is InChI=1S/C9H10BrNO2/c10-7-3-1-6(2-4-7)8(5-12)9(11)13/h1-5,9,12-13H,11H2/b8-5+/t9-/m0/s1. The van der Waals surface area contributed by atoms with Gasteiger partial charge < -0.3 is 15.9 Å². The van der Waals surface area contributed by atoms with E-state index in [0.717, 1.165) is 10.7 Å². The Balaban J connectivity index is 3.00. The van der Waals surface area contributed by atoms with Crippen LogP contribution < -0.4 is 5.73 Å². The lowest BCUT2D eigenvalue weighted by Gasteiger charge is -2.08. The first-order valence-corrected chi connectivity index (χ1v) is 4.48. The maximum absolute atomic E-state index is 9.07. The van der Waals surface area contributed by atoms with Gasteiger partial charge in [0, 0.05) is 10.0 Å². The predicted octanol–water partition coefficient (Wildman–Crippen LogP) is 1.63. The van der Waals surface area contributed by atoms with Crippen LogP contribution in [0.2, 0.25) is 0 Å². The Labute approximate surface area is 84.6 Å². The Morgan fingerprint density at radius 2 is 1.92 bits per heavy atom. The number of aliphatic hydroxyl groups is 2. The van der Waals surface area contributed by atoms with Gasteiger partial charge in [-0.25, -0.2) is 0 Å². The Morgan fingerprint density at radius 3 is 2.31 bits per heavy atom. The molecule has 4 N–H and O–H groups in total. The van der Waals surface area contributed by atoms with Gasteiger partial charge in [0.15, 0.2) is 0 Å². The second kappa shape index (κ2) is 4.41. The number of benzene rings is 1. The summed E-state index contributed by atoms with van der Waals surface area (Å²) in [5.74, 6) is 0. The molecule has 3 nitrogen and oxygen atoms in total. The highest BCUT2D eigenvalue weighted by Crippen LogP contribution is 2.18. The molecule has 1 aromatic rings. The van der Waals surface area contributed by atoms with Crippen molar-refractivity contribution in [1.82, 2.24) is 0 Å². The van der Waals surface area contributed by atoms with Gasteiger partial charge in [-0.1, -0.05) is 28.1 Å². The van der Waals surface area contributed by atoms with Crippen molar-refractivity contribution in [1.29, 1.82) is 0 Å². The number of nitrogens with two attached hydrogens (primary N) is 1. The largest absolute Gasteiger partial charge is 0.515 e. The summed E-state index contributed by atoms with van der Waals surface area (Å²) in [6.45, 7) is 0. The molecule has 0 bridgehead atoms. The van der Waals surface area contributed by atoms with Gasteiger partial charge in [-0.15, -0.1) is 0 Å². The molecule has 0 saturated heterocycles. The summed E-state index contributed by atoms with van der Waals surface area (Å²) >= 11 is 3.28. The van der Waals surface area contributed by atoms with E-state index in [0.29, 0.717) is 11.1 Å². The summed E-state index contributed by atoms with van der Waals surface area (Å²) in [5, 5.41) is 17.9. The molecule has 0 aliphatic carbocycles. The average Bonchev–Trinajstić information content (AvgIpc) is 2.09. The van der Waals surface area contributed by atoms with E-state index in [-0.39, 0.29) is 0 Å². The predicted molar refractivity (Wildman–Crippen MR) is 54.9 cm³/mol. The first kappa shape index (κ1) is 10.2. The Kier molecular flexibility index (Phi) is 3.48. The molecular weight excluding hydrogens is 234 g/mol. The molecule has 0 aliphatic rings. The number of hydrogen-bond donors (Lipinski definition) is 3. The molecule has 0 aromatic heterocycles. The van der Waals surface area contributed by atoms with E-state index in [1.807, 2.05) is 0 Å². The second-order valence-electron chi connectivity index (χ2n) is 2.54. The summed E-state index contributed by atoms with van der Waals surface area (Å²) in [6, 6.07) is 7.12. The SMILES string of the molecule is N[C@@H](O)/C(=C/O)c1ccc(Br)cc1. The van der Waals surface area contributed by atoms with E-state index in [1.54, 1.807) is 24.3 Å². The number of halogens is 1. The van der Waals surface area contributed by atoms with Crippen LogP contribution in [0.5, 0.6) is 0 Å². The molecule has 13 heavy (non-hydrogen) atoms. The molecule has 0 heterocycles. The zero-order chi connectivity index (χ0) is 9.84. The molecule has 0 fully saturated rings. The van der Waals surface area contributed by atoms with Crippen molar-refractivity contribution < 1.29 is 10.2 Å². The quantitative estimate of drug-likeness (QED) is 0.547. The molecule has 1 rings (SSSR count). The van der Waals surface area contributed by atoms with Crippen LogP contribution in [0.3, 0.4) is 0 Å². The molecule has 1 aromatic carbocycles. The third-order valence-electron chi connectivity index (χ3n) is 1.64. The smallest absolute Gasteiger partial charge is 0.132 e. The van der Waals surface area contributed by atoms with Crippen LogP contribution in [-0.2, 0) is 0 Å². The third kappa shape index (κ3) is 2.55. The molecule has 0 radical (unpaired) electrons. The van der Waals surface area contributed by atoms with Gasteiger partial charge >= 0.3 is 0 Å². The van der Waals surface area contributed by atoms with Crippen LogP contribution in [0.4, 0.5) is 0 Å². The van der Waals surface area contributed by atoms with Crippen molar-refractivity contribution in [3.05, 3.63) is 40.6 Å². The molecule has 4 heteroatoms. The van der Waals surface area contributed by atoms with E-state index in [4.69, 9.17) is 15.9 Å². The van der Waals surface area contributed by atoms with Gasteiger partial charge in [0.25, 0.3) is 0 Å². The van der Waals surface area contributed by atoms with Crippen LogP contribution in [0.15, 0.2) is 35.0 Å². The lowest BCUT2D eigenvalue weighted by atomic mass is 10.1. The van der Waals surface area contributed by atoms with E-state index >= 15 is 0 Å². The van der Waals surface area contributed by atoms with Gasteiger partial charge in [0.1, 0.15) is 6.23 Å². The fourth-order valence-corrected chi connectivity index (χ4v) is 1.23. The summed E-state index contributed by atoms with van der Waals surface area (Å²) in [7, 11) is 0. The van der Waals surface area contributed by atoms with Crippen LogP contribution in [-0.4, -0.2) is 16.4 Å². The van der Waals surface area contributed by atoms with Gasteiger partial charge in [0.2, 0.25) is 0 Å². The van der Waals surface area contributed by atoms with Gasteiger partial charge in [-0.3, -0.25) is 0 Å². The molecule has 0 unspecified atom stereocenters.